The molecule has 0 aliphatic rings. The average molecular weight is 244 g/mol. The lowest BCUT2D eigenvalue weighted by Crippen LogP contribution is -2.21. The van der Waals surface area contributed by atoms with Crippen LogP contribution in [0.15, 0.2) is 53.5 Å². The Kier molecular flexibility index (Phi) is 4.15. The molecular weight excluding hydrogens is 228 g/mol. The lowest BCUT2D eigenvalue weighted by molar-refractivity contribution is 0.293. The van der Waals surface area contributed by atoms with Gasteiger partial charge in [-0.3, -0.25) is 4.79 Å². The minimum atomic E-state index is -0.0202. The molecule has 0 aliphatic carbocycles. The summed E-state index contributed by atoms with van der Waals surface area (Å²) >= 11 is 0. The standard InChI is InChI=1S/C14H16N2O2/c15-11-12-5-1-2-6-13(12)18-10-9-16-8-4-3-7-14(16)17/h1-8H,9-11,15H2. The van der Waals surface area contributed by atoms with Gasteiger partial charge < -0.3 is 15.0 Å². The first-order chi connectivity index (χ1) is 8.81. The highest BCUT2D eigenvalue weighted by Crippen LogP contribution is 2.16. The first-order valence-electron chi connectivity index (χ1n) is 5.87. The van der Waals surface area contributed by atoms with E-state index >= 15 is 0 Å². The maximum Gasteiger partial charge on any atom is 0.250 e. The van der Waals surface area contributed by atoms with Gasteiger partial charge in [-0.25, -0.2) is 0 Å². The Hall–Kier alpha value is -2.07. The van der Waals surface area contributed by atoms with E-state index in [0.29, 0.717) is 19.7 Å². The summed E-state index contributed by atoms with van der Waals surface area (Å²) in [5.41, 5.74) is 6.57. The van der Waals surface area contributed by atoms with Gasteiger partial charge >= 0.3 is 0 Å². The molecule has 4 heteroatoms. The predicted octanol–water partition coefficient (Wildman–Crippen LogP) is 1.39. The summed E-state index contributed by atoms with van der Waals surface area (Å²) in [6.07, 6.45) is 1.75. The second kappa shape index (κ2) is 6.02. The molecule has 0 bridgehead atoms. The van der Waals surface area contributed by atoms with Crippen LogP contribution in [0.2, 0.25) is 0 Å². The van der Waals surface area contributed by atoms with Crippen LogP contribution in [-0.4, -0.2) is 11.2 Å². The Morgan fingerprint density at radius 3 is 2.67 bits per heavy atom. The van der Waals surface area contributed by atoms with E-state index < -0.39 is 0 Å². The number of hydrogen-bond acceptors (Lipinski definition) is 3. The van der Waals surface area contributed by atoms with Crippen molar-refractivity contribution in [2.24, 2.45) is 5.73 Å². The van der Waals surface area contributed by atoms with Crippen molar-refractivity contribution in [3.8, 4) is 5.75 Å². The fraction of sp³-hybridized carbons (Fsp3) is 0.214. The van der Waals surface area contributed by atoms with Crippen molar-refractivity contribution in [1.82, 2.24) is 4.57 Å². The van der Waals surface area contributed by atoms with E-state index in [9.17, 15) is 4.79 Å². The molecule has 2 rings (SSSR count). The molecule has 1 aromatic carbocycles. The maximum absolute atomic E-state index is 11.5. The number of nitrogens with two attached hydrogens (primary N) is 1. The maximum atomic E-state index is 11.5. The molecular formula is C14H16N2O2. The molecule has 0 aliphatic heterocycles. The number of rotatable bonds is 5. The fourth-order valence-electron chi connectivity index (χ4n) is 1.71. The SMILES string of the molecule is NCc1ccccc1OCCn1ccccc1=O. The lowest BCUT2D eigenvalue weighted by Gasteiger charge is -2.10. The van der Waals surface area contributed by atoms with Crippen LogP contribution < -0.4 is 16.0 Å². The van der Waals surface area contributed by atoms with Crippen molar-refractivity contribution in [2.75, 3.05) is 6.61 Å². The molecule has 2 N–H and O–H groups in total. The van der Waals surface area contributed by atoms with Crippen LogP contribution in [0, 0.1) is 0 Å². The zero-order valence-corrected chi connectivity index (χ0v) is 10.1. The molecule has 0 unspecified atom stereocenters. The summed E-state index contributed by atoms with van der Waals surface area (Å²) in [6, 6.07) is 12.7. The van der Waals surface area contributed by atoms with Crippen molar-refractivity contribution < 1.29 is 4.74 Å². The predicted molar refractivity (Wildman–Crippen MR) is 70.5 cm³/mol. The van der Waals surface area contributed by atoms with Gasteiger partial charge in [0, 0.05) is 24.4 Å². The Bertz CT molecular complexity index is 563. The van der Waals surface area contributed by atoms with Gasteiger partial charge in [-0.1, -0.05) is 24.3 Å². The van der Waals surface area contributed by atoms with Gasteiger partial charge in [-0.15, -0.1) is 0 Å². The van der Waals surface area contributed by atoms with E-state index in [4.69, 9.17) is 10.5 Å². The largest absolute Gasteiger partial charge is 0.491 e. The molecule has 94 valence electrons. The summed E-state index contributed by atoms with van der Waals surface area (Å²) in [5, 5.41) is 0. The molecule has 0 saturated heterocycles. The van der Waals surface area contributed by atoms with E-state index in [1.807, 2.05) is 30.3 Å². The highest BCUT2D eigenvalue weighted by molar-refractivity contribution is 5.32. The van der Waals surface area contributed by atoms with Crippen molar-refractivity contribution in [1.29, 1.82) is 0 Å². The Labute approximate surface area is 106 Å². The van der Waals surface area contributed by atoms with Gasteiger partial charge in [-0.2, -0.15) is 0 Å². The van der Waals surface area contributed by atoms with Crippen LogP contribution in [0.25, 0.3) is 0 Å². The number of nitrogens with zero attached hydrogens (tertiary/aromatic N) is 1. The average Bonchev–Trinajstić information content (AvgIpc) is 2.41. The number of para-hydroxylation sites is 1. The van der Waals surface area contributed by atoms with E-state index in [1.165, 1.54) is 6.07 Å². The summed E-state index contributed by atoms with van der Waals surface area (Å²) < 4.78 is 7.26. The summed E-state index contributed by atoms with van der Waals surface area (Å²) in [4.78, 5) is 11.5. The quantitative estimate of drug-likeness (QED) is 0.864. The van der Waals surface area contributed by atoms with Crippen LogP contribution in [0.5, 0.6) is 5.75 Å². The van der Waals surface area contributed by atoms with Crippen molar-refractivity contribution in [3.05, 3.63) is 64.6 Å². The van der Waals surface area contributed by atoms with Crippen LogP contribution in [0.1, 0.15) is 5.56 Å². The van der Waals surface area contributed by atoms with Gasteiger partial charge in [0.1, 0.15) is 12.4 Å². The number of aromatic nitrogens is 1. The second-order valence-electron chi connectivity index (χ2n) is 3.89. The van der Waals surface area contributed by atoms with E-state index in [1.54, 1.807) is 16.8 Å². The van der Waals surface area contributed by atoms with Crippen LogP contribution in [0.4, 0.5) is 0 Å². The van der Waals surface area contributed by atoms with E-state index in [0.717, 1.165) is 11.3 Å². The van der Waals surface area contributed by atoms with Gasteiger partial charge in [-0.05, 0) is 12.1 Å². The molecule has 4 nitrogen and oxygen atoms in total. The first-order valence-corrected chi connectivity index (χ1v) is 5.87. The Balaban J connectivity index is 1.97. The normalized spacial score (nSPS) is 10.3. The summed E-state index contributed by atoms with van der Waals surface area (Å²) in [7, 11) is 0. The molecule has 0 spiro atoms. The molecule has 0 saturated carbocycles. The van der Waals surface area contributed by atoms with Crippen LogP contribution in [0.3, 0.4) is 0 Å². The Morgan fingerprint density at radius 1 is 1.11 bits per heavy atom. The molecule has 0 atom stereocenters. The lowest BCUT2D eigenvalue weighted by atomic mass is 10.2. The minimum absolute atomic E-state index is 0.0202. The smallest absolute Gasteiger partial charge is 0.250 e. The van der Waals surface area contributed by atoms with Crippen molar-refractivity contribution in [3.63, 3.8) is 0 Å². The zero-order chi connectivity index (χ0) is 12.8. The van der Waals surface area contributed by atoms with Crippen molar-refractivity contribution in [2.45, 2.75) is 13.1 Å². The third-order valence-electron chi connectivity index (χ3n) is 2.68. The van der Waals surface area contributed by atoms with Crippen LogP contribution in [-0.2, 0) is 13.1 Å². The van der Waals surface area contributed by atoms with Gasteiger partial charge in [0.2, 0.25) is 0 Å². The van der Waals surface area contributed by atoms with Crippen LogP contribution >= 0.6 is 0 Å². The zero-order valence-electron chi connectivity index (χ0n) is 10.1. The number of pyridine rings is 1. The summed E-state index contributed by atoms with van der Waals surface area (Å²) in [5.74, 6) is 0.781. The third kappa shape index (κ3) is 2.99. The minimum Gasteiger partial charge on any atom is -0.491 e. The highest BCUT2D eigenvalue weighted by atomic mass is 16.5. The van der Waals surface area contributed by atoms with E-state index in [2.05, 4.69) is 0 Å². The first kappa shape index (κ1) is 12.4. The molecule has 18 heavy (non-hydrogen) atoms. The summed E-state index contributed by atoms with van der Waals surface area (Å²) in [6.45, 7) is 1.42. The Morgan fingerprint density at radius 2 is 1.89 bits per heavy atom. The number of ether oxygens (including phenoxy) is 1. The topological polar surface area (TPSA) is 57.2 Å². The number of benzene rings is 1. The fourth-order valence-corrected chi connectivity index (χ4v) is 1.71. The van der Waals surface area contributed by atoms with Gasteiger partial charge in [0.25, 0.3) is 5.56 Å². The highest BCUT2D eigenvalue weighted by Gasteiger charge is 2.01. The van der Waals surface area contributed by atoms with Crippen molar-refractivity contribution >= 4 is 0 Å². The van der Waals surface area contributed by atoms with Gasteiger partial charge in [0.05, 0.1) is 6.54 Å². The molecule has 1 heterocycles. The third-order valence-corrected chi connectivity index (χ3v) is 2.68. The molecule has 0 amide bonds. The van der Waals surface area contributed by atoms with Gasteiger partial charge in [0.15, 0.2) is 0 Å². The molecule has 1 aromatic heterocycles. The molecule has 0 radical (unpaired) electrons. The molecule has 0 fully saturated rings. The monoisotopic (exact) mass is 244 g/mol. The van der Waals surface area contributed by atoms with E-state index in [-0.39, 0.29) is 5.56 Å². The second-order valence-corrected chi connectivity index (χ2v) is 3.89. The molecule has 2 aromatic rings. The number of hydrogen-bond donors (Lipinski definition) is 1.